The number of aromatic nitrogens is 2. The topological polar surface area (TPSA) is 70.0 Å². The first-order chi connectivity index (χ1) is 14.4. The molecule has 0 atom stereocenters. The van der Waals surface area contributed by atoms with Crippen molar-refractivity contribution in [3.8, 4) is 0 Å². The maximum Gasteiger partial charge on any atom is 0.252 e. The van der Waals surface area contributed by atoms with E-state index in [4.69, 9.17) is 4.98 Å². The molecule has 1 aliphatic carbocycles. The minimum atomic E-state index is -0.102. The van der Waals surface area contributed by atoms with E-state index in [1.165, 1.54) is 6.42 Å². The standard InChI is InChI=1S/C23H35N5O2/c1-5-19-22(27(4)23(30)17-10-7-6-8-11-17)28-16-18(12-13-20(28)25-19)21(29)24-14-9-15-26(2)3/h12-13,16-17H,5-11,14-15H2,1-4H3,(H,24,29). The summed E-state index contributed by atoms with van der Waals surface area (Å²) in [5.41, 5.74) is 2.21. The van der Waals surface area contributed by atoms with Crippen LogP contribution < -0.4 is 10.2 Å². The van der Waals surface area contributed by atoms with E-state index in [0.717, 1.165) is 62.2 Å². The van der Waals surface area contributed by atoms with Gasteiger partial charge in [-0.3, -0.25) is 18.9 Å². The van der Waals surface area contributed by atoms with Gasteiger partial charge in [-0.15, -0.1) is 0 Å². The van der Waals surface area contributed by atoms with Crippen LogP contribution >= 0.6 is 0 Å². The van der Waals surface area contributed by atoms with Crippen LogP contribution in [-0.4, -0.2) is 60.3 Å². The molecule has 0 saturated heterocycles. The molecule has 0 aliphatic heterocycles. The molecule has 30 heavy (non-hydrogen) atoms. The van der Waals surface area contributed by atoms with Crippen molar-refractivity contribution in [1.82, 2.24) is 19.6 Å². The Labute approximate surface area is 179 Å². The minimum absolute atomic E-state index is 0.0854. The number of hydrogen-bond donors (Lipinski definition) is 1. The van der Waals surface area contributed by atoms with E-state index in [9.17, 15) is 9.59 Å². The summed E-state index contributed by atoms with van der Waals surface area (Å²) in [5, 5.41) is 2.98. The average Bonchev–Trinajstić information content (AvgIpc) is 3.13. The van der Waals surface area contributed by atoms with Gasteiger partial charge in [0.1, 0.15) is 11.5 Å². The van der Waals surface area contributed by atoms with E-state index < -0.39 is 0 Å². The summed E-state index contributed by atoms with van der Waals surface area (Å²) in [5.74, 6) is 0.923. The summed E-state index contributed by atoms with van der Waals surface area (Å²) in [6, 6.07) is 3.66. The lowest BCUT2D eigenvalue weighted by molar-refractivity contribution is -0.123. The van der Waals surface area contributed by atoms with Crippen LogP contribution in [-0.2, 0) is 11.2 Å². The monoisotopic (exact) mass is 413 g/mol. The molecule has 0 unspecified atom stereocenters. The van der Waals surface area contributed by atoms with E-state index in [-0.39, 0.29) is 17.7 Å². The first-order valence-corrected chi connectivity index (χ1v) is 11.1. The number of fused-ring (bicyclic) bond motifs is 1. The molecule has 0 radical (unpaired) electrons. The number of carbonyl (C=O) groups is 2. The lowest BCUT2D eigenvalue weighted by Crippen LogP contribution is -2.35. The van der Waals surface area contributed by atoms with E-state index in [2.05, 4.69) is 10.2 Å². The highest BCUT2D eigenvalue weighted by atomic mass is 16.2. The van der Waals surface area contributed by atoms with Gasteiger partial charge in [-0.1, -0.05) is 26.2 Å². The quantitative estimate of drug-likeness (QED) is 0.675. The predicted octanol–water partition coefficient (Wildman–Crippen LogP) is 3.12. The van der Waals surface area contributed by atoms with E-state index >= 15 is 0 Å². The maximum absolute atomic E-state index is 13.2. The number of carbonyl (C=O) groups excluding carboxylic acids is 2. The molecule has 2 aromatic rings. The average molecular weight is 414 g/mol. The molecule has 1 saturated carbocycles. The Morgan fingerprint density at radius 1 is 1.17 bits per heavy atom. The van der Waals surface area contributed by atoms with Crippen LogP contribution in [0.25, 0.3) is 5.65 Å². The van der Waals surface area contributed by atoms with Crippen LogP contribution in [0, 0.1) is 5.92 Å². The summed E-state index contributed by atoms with van der Waals surface area (Å²) in [7, 11) is 5.88. The van der Waals surface area contributed by atoms with Crippen LogP contribution in [0.1, 0.15) is 61.5 Å². The molecule has 1 fully saturated rings. The van der Waals surface area contributed by atoms with Gasteiger partial charge >= 0.3 is 0 Å². The number of aryl methyl sites for hydroxylation is 1. The summed E-state index contributed by atoms with van der Waals surface area (Å²) >= 11 is 0. The number of imidazole rings is 1. The molecule has 0 bridgehead atoms. The van der Waals surface area contributed by atoms with Gasteiger partial charge in [0.05, 0.1) is 11.3 Å². The van der Waals surface area contributed by atoms with Gasteiger partial charge in [-0.05, 0) is 58.5 Å². The number of rotatable bonds is 8. The zero-order valence-electron chi connectivity index (χ0n) is 18.8. The van der Waals surface area contributed by atoms with Gasteiger partial charge in [-0.2, -0.15) is 0 Å². The van der Waals surface area contributed by atoms with Gasteiger partial charge < -0.3 is 10.2 Å². The normalized spacial score (nSPS) is 15.0. The minimum Gasteiger partial charge on any atom is -0.352 e. The van der Waals surface area contributed by atoms with Crippen molar-refractivity contribution in [3.05, 3.63) is 29.6 Å². The second-order valence-electron chi connectivity index (χ2n) is 8.53. The van der Waals surface area contributed by atoms with Gasteiger partial charge in [0.15, 0.2) is 0 Å². The Morgan fingerprint density at radius 3 is 2.57 bits per heavy atom. The maximum atomic E-state index is 13.2. The summed E-state index contributed by atoms with van der Waals surface area (Å²) < 4.78 is 1.90. The molecule has 3 rings (SSSR count). The molecular formula is C23H35N5O2. The molecule has 164 valence electrons. The molecule has 7 nitrogen and oxygen atoms in total. The van der Waals surface area contributed by atoms with E-state index in [0.29, 0.717) is 12.1 Å². The number of pyridine rings is 1. The highest BCUT2D eigenvalue weighted by Crippen LogP contribution is 2.29. The van der Waals surface area contributed by atoms with Crippen molar-refractivity contribution in [2.45, 2.75) is 51.9 Å². The van der Waals surface area contributed by atoms with Gasteiger partial charge in [0, 0.05) is 25.7 Å². The molecular weight excluding hydrogens is 378 g/mol. The number of anilines is 1. The Balaban J connectivity index is 1.83. The zero-order chi connectivity index (χ0) is 21.7. The van der Waals surface area contributed by atoms with Crippen molar-refractivity contribution >= 4 is 23.3 Å². The molecule has 0 aromatic carbocycles. The number of nitrogens with one attached hydrogen (secondary N) is 1. The predicted molar refractivity (Wildman–Crippen MR) is 120 cm³/mol. The van der Waals surface area contributed by atoms with Gasteiger partial charge in [-0.25, -0.2) is 4.98 Å². The molecule has 1 aliphatic rings. The summed E-state index contributed by atoms with van der Waals surface area (Å²) in [4.78, 5) is 34.4. The molecule has 2 aromatic heterocycles. The molecule has 0 spiro atoms. The van der Waals surface area contributed by atoms with E-state index in [1.54, 1.807) is 11.0 Å². The zero-order valence-corrected chi connectivity index (χ0v) is 18.8. The van der Waals surface area contributed by atoms with Crippen LogP contribution in [0.15, 0.2) is 18.3 Å². The fourth-order valence-corrected chi connectivity index (χ4v) is 4.23. The molecule has 1 N–H and O–H groups in total. The van der Waals surface area contributed by atoms with Crippen LogP contribution in [0.5, 0.6) is 0 Å². The fourth-order valence-electron chi connectivity index (χ4n) is 4.23. The smallest absolute Gasteiger partial charge is 0.252 e. The van der Waals surface area contributed by atoms with Crippen molar-refractivity contribution in [2.24, 2.45) is 5.92 Å². The van der Waals surface area contributed by atoms with Crippen molar-refractivity contribution in [2.75, 3.05) is 39.1 Å². The highest BCUT2D eigenvalue weighted by molar-refractivity contribution is 5.96. The number of hydrogen-bond acceptors (Lipinski definition) is 4. The largest absolute Gasteiger partial charge is 0.352 e. The van der Waals surface area contributed by atoms with E-state index in [1.807, 2.05) is 44.7 Å². The van der Waals surface area contributed by atoms with Crippen molar-refractivity contribution in [3.63, 3.8) is 0 Å². The van der Waals surface area contributed by atoms with Crippen molar-refractivity contribution in [1.29, 1.82) is 0 Å². The molecule has 2 heterocycles. The Kier molecular flexibility index (Phi) is 7.48. The second-order valence-corrected chi connectivity index (χ2v) is 8.53. The van der Waals surface area contributed by atoms with Gasteiger partial charge in [0.2, 0.25) is 5.91 Å². The number of nitrogens with zero attached hydrogens (tertiary/aromatic N) is 4. The lowest BCUT2D eigenvalue weighted by Gasteiger charge is -2.26. The van der Waals surface area contributed by atoms with Crippen molar-refractivity contribution < 1.29 is 9.59 Å². The number of amides is 2. The fraction of sp³-hybridized carbons (Fsp3) is 0.609. The first kappa shape index (κ1) is 22.3. The SMILES string of the molecule is CCc1nc2ccc(C(=O)NCCCN(C)C)cn2c1N(C)C(=O)C1CCCCC1. The third-order valence-corrected chi connectivity index (χ3v) is 5.93. The highest BCUT2D eigenvalue weighted by Gasteiger charge is 2.28. The third-order valence-electron chi connectivity index (χ3n) is 5.93. The Hall–Kier alpha value is -2.41. The second kappa shape index (κ2) is 10.1. The first-order valence-electron chi connectivity index (χ1n) is 11.1. The molecule has 2 amide bonds. The summed E-state index contributed by atoms with van der Waals surface area (Å²) in [6.07, 6.45) is 8.82. The molecule has 7 heteroatoms. The third kappa shape index (κ3) is 5.01. The summed E-state index contributed by atoms with van der Waals surface area (Å²) in [6.45, 7) is 3.60. The van der Waals surface area contributed by atoms with Crippen LogP contribution in [0.4, 0.5) is 5.82 Å². The van der Waals surface area contributed by atoms with Gasteiger partial charge in [0.25, 0.3) is 5.91 Å². The van der Waals surface area contributed by atoms with Crippen LogP contribution in [0.3, 0.4) is 0 Å². The Morgan fingerprint density at radius 2 is 1.90 bits per heavy atom. The van der Waals surface area contributed by atoms with Crippen LogP contribution in [0.2, 0.25) is 0 Å². The Bertz CT molecular complexity index is 883. The lowest BCUT2D eigenvalue weighted by atomic mass is 9.88.